The third-order valence-electron chi connectivity index (χ3n) is 3.41. The van der Waals surface area contributed by atoms with Crippen LogP contribution in [0.4, 0.5) is 4.79 Å². The maximum Gasteiger partial charge on any atom is 0.328 e. The molecule has 3 N–H and O–H groups in total. The molecule has 1 fully saturated rings. The van der Waals surface area contributed by atoms with E-state index in [1.165, 1.54) is 0 Å². The maximum atomic E-state index is 11.9. The molecule has 0 saturated carbocycles. The zero-order valence-electron chi connectivity index (χ0n) is 10.2. The molecule has 98 valence electrons. The molecule has 0 aromatic rings. The first-order valence-corrected chi connectivity index (χ1v) is 5.88. The Hall–Kier alpha value is -1.30. The molecule has 0 bridgehead atoms. The summed E-state index contributed by atoms with van der Waals surface area (Å²) in [5.74, 6) is -0.814. The van der Waals surface area contributed by atoms with Crippen molar-refractivity contribution < 1.29 is 19.8 Å². The Labute approximate surface area is 101 Å². The molecule has 0 spiro atoms. The second-order valence-corrected chi connectivity index (χ2v) is 4.58. The van der Waals surface area contributed by atoms with Crippen LogP contribution in [0, 0.1) is 5.92 Å². The molecule has 0 aromatic heterocycles. The van der Waals surface area contributed by atoms with E-state index in [0.29, 0.717) is 12.5 Å². The third kappa shape index (κ3) is 3.33. The Morgan fingerprint density at radius 2 is 2.12 bits per heavy atom. The predicted octanol–water partition coefficient (Wildman–Crippen LogP) is 0.262. The van der Waals surface area contributed by atoms with E-state index in [1.54, 1.807) is 4.90 Å². The smallest absolute Gasteiger partial charge is 0.328 e. The van der Waals surface area contributed by atoms with Crippen molar-refractivity contribution in [1.29, 1.82) is 0 Å². The molecule has 2 amide bonds. The predicted molar refractivity (Wildman–Crippen MR) is 61.6 cm³/mol. The van der Waals surface area contributed by atoms with Crippen LogP contribution < -0.4 is 5.32 Å². The van der Waals surface area contributed by atoms with Gasteiger partial charge in [-0.2, -0.15) is 0 Å². The molecule has 6 heteroatoms. The molecule has 6 nitrogen and oxygen atoms in total. The number of likely N-dealkylation sites (tertiary alicyclic amines) is 1. The fourth-order valence-corrected chi connectivity index (χ4v) is 2.04. The van der Waals surface area contributed by atoms with E-state index in [-0.39, 0.29) is 6.04 Å². The number of piperidine rings is 1. The highest BCUT2D eigenvalue weighted by atomic mass is 16.4. The molecule has 0 aliphatic carbocycles. The topological polar surface area (TPSA) is 89.9 Å². The summed E-state index contributed by atoms with van der Waals surface area (Å²) in [6, 6.07) is -1.55. The standard InChI is InChI=1S/C11H20N2O4/c1-7-4-3-5-13(8(7)2)11(17)12-9(6-14)10(15)16/h7-9,14H,3-6H2,1-2H3,(H,12,17)(H,15,16). The minimum atomic E-state index is -1.23. The lowest BCUT2D eigenvalue weighted by Crippen LogP contribution is -2.54. The Morgan fingerprint density at radius 1 is 1.47 bits per heavy atom. The van der Waals surface area contributed by atoms with E-state index in [0.717, 1.165) is 12.8 Å². The number of carboxylic acid groups (broad SMARTS) is 1. The van der Waals surface area contributed by atoms with Gasteiger partial charge in [0.1, 0.15) is 0 Å². The van der Waals surface area contributed by atoms with Crippen LogP contribution in [0.3, 0.4) is 0 Å². The lowest BCUT2D eigenvalue weighted by atomic mass is 9.92. The number of hydrogen-bond acceptors (Lipinski definition) is 3. The SMILES string of the molecule is CC1CCCN(C(=O)NC(CO)C(=O)O)C1C. The lowest BCUT2D eigenvalue weighted by Gasteiger charge is -2.38. The van der Waals surface area contributed by atoms with E-state index in [2.05, 4.69) is 12.2 Å². The zero-order valence-corrected chi connectivity index (χ0v) is 10.2. The first-order chi connectivity index (χ1) is 7.97. The average molecular weight is 244 g/mol. The molecule has 1 saturated heterocycles. The molecule has 1 rings (SSSR count). The quantitative estimate of drug-likeness (QED) is 0.664. The van der Waals surface area contributed by atoms with Gasteiger partial charge < -0.3 is 20.4 Å². The molecule has 17 heavy (non-hydrogen) atoms. The van der Waals surface area contributed by atoms with Crippen LogP contribution in [0.1, 0.15) is 26.7 Å². The molecule has 1 heterocycles. The van der Waals surface area contributed by atoms with Gasteiger partial charge in [0.2, 0.25) is 0 Å². The van der Waals surface area contributed by atoms with E-state index < -0.39 is 24.6 Å². The normalized spacial score (nSPS) is 26.4. The second-order valence-electron chi connectivity index (χ2n) is 4.58. The summed E-state index contributed by atoms with van der Waals surface area (Å²) in [5.41, 5.74) is 0. The number of carbonyl (C=O) groups excluding carboxylic acids is 1. The average Bonchev–Trinajstić information content (AvgIpc) is 2.28. The number of urea groups is 1. The summed E-state index contributed by atoms with van der Waals surface area (Å²) in [5, 5.41) is 19.9. The van der Waals surface area contributed by atoms with Crippen LogP contribution in [0.5, 0.6) is 0 Å². The number of aliphatic hydroxyl groups excluding tert-OH is 1. The number of aliphatic hydroxyl groups is 1. The van der Waals surface area contributed by atoms with Gasteiger partial charge in [0.05, 0.1) is 6.61 Å². The maximum absolute atomic E-state index is 11.9. The van der Waals surface area contributed by atoms with Gasteiger partial charge in [-0.3, -0.25) is 0 Å². The number of carbonyl (C=O) groups is 2. The fourth-order valence-electron chi connectivity index (χ4n) is 2.04. The number of nitrogens with zero attached hydrogens (tertiary/aromatic N) is 1. The Kier molecular flexibility index (Phi) is 4.74. The second kappa shape index (κ2) is 5.86. The van der Waals surface area contributed by atoms with E-state index in [9.17, 15) is 9.59 Å². The Balaban J connectivity index is 2.60. The molecule has 3 unspecified atom stereocenters. The summed E-state index contributed by atoms with van der Waals surface area (Å²) < 4.78 is 0. The van der Waals surface area contributed by atoms with Crippen molar-refractivity contribution in [2.45, 2.75) is 38.8 Å². The largest absolute Gasteiger partial charge is 0.480 e. The van der Waals surface area contributed by atoms with E-state index in [4.69, 9.17) is 10.2 Å². The summed E-state index contributed by atoms with van der Waals surface area (Å²) in [6.45, 7) is 4.07. The number of aliphatic carboxylic acids is 1. The van der Waals surface area contributed by atoms with Crippen LogP contribution in [0.2, 0.25) is 0 Å². The van der Waals surface area contributed by atoms with Gasteiger partial charge >= 0.3 is 12.0 Å². The van der Waals surface area contributed by atoms with Crippen molar-refractivity contribution in [2.24, 2.45) is 5.92 Å². The van der Waals surface area contributed by atoms with Gasteiger partial charge in [-0.25, -0.2) is 9.59 Å². The van der Waals surface area contributed by atoms with E-state index in [1.807, 2.05) is 6.92 Å². The van der Waals surface area contributed by atoms with Gasteiger partial charge in [0.25, 0.3) is 0 Å². The zero-order chi connectivity index (χ0) is 13.0. The Bertz CT molecular complexity index is 295. The molecular formula is C11H20N2O4. The molecular weight excluding hydrogens is 224 g/mol. The summed E-state index contributed by atoms with van der Waals surface area (Å²) in [6.07, 6.45) is 2.00. The summed E-state index contributed by atoms with van der Waals surface area (Å²) in [7, 11) is 0. The van der Waals surface area contributed by atoms with Crippen molar-refractivity contribution in [3.05, 3.63) is 0 Å². The van der Waals surface area contributed by atoms with Crippen molar-refractivity contribution in [3.8, 4) is 0 Å². The molecule has 0 radical (unpaired) electrons. The number of carboxylic acids is 1. The highest BCUT2D eigenvalue weighted by Gasteiger charge is 2.30. The van der Waals surface area contributed by atoms with Crippen molar-refractivity contribution in [2.75, 3.05) is 13.2 Å². The fraction of sp³-hybridized carbons (Fsp3) is 0.818. The Morgan fingerprint density at radius 3 is 2.65 bits per heavy atom. The number of nitrogens with one attached hydrogen (secondary N) is 1. The molecule has 3 atom stereocenters. The number of hydrogen-bond donors (Lipinski definition) is 3. The van der Waals surface area contributed by atoms with Gasteiger partial charge in [-0.1, -0.05) is 6.92 Å². The van der Waals surface area contributed by atoms with Crippen molar-refractivity contribution >= 4 is 12.0 Å². The monoisotopic (exact) mass is 244 g/mol. The molecule has 1 aliphatic rings. The van der Waals surface area contributed by atoms with Crippen molar-refractivity contribution in [1.82, 2.24) is 10.2 Å². The van der Waals surface area contributed by atoms with E-state index >= 15 is 0 Å². The minimum absolute atomic E-state index is 0.0943. The van der Waals surface area contributed by atoms with Gasteiger partial charge in [-0.05, 0) is 25.7 Å². The van der Waals surface area contributed by atoms with Crippen molar-refractivity contribution in [3.63, 3.8) is 0 Å². The van der Waals surface area contributed by atoms with Crippen LogP contribution in [-0.4, -0.2) is 52.3 Å². The minimum Gasteiger partial charge on any atom is -0.480 e. The molecule has 1 aliphatic heterocycles. The summed E-state index contributed by atoms with van der Waals surface area (Å²) in [4.78, 5) is 24.2. The third-order valence-corrected chi connectivity index (χ3v) is 3.41. The highest BCUT2D eigenvalue weighted by Crippen LogP contribution is 2.22. The van der Waals surface area contributed by atoms with Crippen LogP contribution in [-0.2, 0) is 4.79 Å². The molecule has 0 aromatic carbocycles. The van der Waals surface area contributed by atoms with Crippen LogP contribution in [0.25, 0.3) is 0 Å². The first kappa shape index (κ1) is 13.8. The highest BCUT2D eigenvalue weighted by molar-refractivity contribution is 5.82. The number of rotatable bonds is 3. The number of amides is 2. The van der Waals surface area contributed by atoms with Crippen LogP contribution >= 0.6 is 0 Å². The van der Waals surface area contributed by atoms with Gasteiger partial charge in [-0.15, -0.1) is 0 Å². The van der Waals surface area contributed by atoms with Gasteiger partial charge in [0, 0.05) is 12.6 Å². The summed E-state index contributed by atoms with van der Waals surface area (Å²) >= 11 is 0. The van der Waals surface area contributed by atoms with Crippen LogP contribution in [0.15, 0.2) is 0 Å². The first-order valence-electron chi connectivity index (χ1n) is 5.88. The van der Waals surface area contributed by atoms with Gasteiger partial charge in [0.15, 0.2) is 6.04 Å². The lowest BCUT2D eigenvalue weighted by molar-refractivity contribution is -0.140.